The van der Waals surface area contributed by atoms with Crippen LogP contribution in [0.4, 0.5) is 5.69 Å². The number of rotatable bonds is 8. The highest BCUT2D eigenvalue weighted by atomic mass is 35.5. The van der Waals surface area contributed by atoms with Gasteiger partial charge in [-0.3, -0.25) is 4.79 Å². The lowest BCUT2D eigenvalue weighted by Crippen LogP contribution is -2.40. The van der Waals surface area contributed by atoms with Crippen LogP contribution in [0.15, 0.2) is 18.2 Å². The number of ether oxygens (including phenoxy) is 2. The number of halogens is 1. The lowest BCUT2D eigenvalue weighted by atomic mass is 9.99. The van der Waals surface area contributed by atoms with Crippen molar-refractivity contribution in [2.75, 3.05) is 30.5 Å². The molecule has 0 saturated carbocycles. The monoisotopic (exact) mass is 339 g/mol. The Morgan fingerprint density at radius 1 is 1.17 bits per heavy atom. The van der Waals surface area contributed by atoms with E-state index in [2.05, 4.69) is 32.0 Å². The third-order valence-electron chi connectivity index (χ3n) is 3.95. The average Bonchev–Trinajstić information content (AvgIpc) is 3.06. The largest absolute Gasteiger partial charge is 0.348 e. The Labute approximate surface area is 143 Å². The molecule has 0 aliphatic carbocycles. The maximum absolute atomic E-state index is 12.5. The molecule has 5 heteroatoms. The van der Waals surface area contributed by atoms with Crippen LogP contribution in [0.1, 0.15) is 37.8 Å². The molecular formula is C18H26ClNO3. The van der Waals surface area contributed by atoms with Gasteiger partial charge in [-0.15, -0.1) is 11.6 Å². The summed E-state index contributed by atoms with van der Waals surface area (Å²) in [6.45, 7) is 5.83. The second-order valence-corrected chi connectivity index (χ2v) is 6.00. The molecule has 1 fully saturated rings. The van der Waals surface area contributed by atoms with Gasteiger partial charge in [0, 0.05) is 0 Å². The van der Waals surface area contributed by atoms with Crippen molar-refractivity contribution in [2.24, 2.45) is 0 Å². The highest BCUT2D eigenvalue weighted by Crippen LogP contribution is 2.29. The number of carbonyl (C=O) groups excluding carboxylic acids is 1. The van der Waals surface area contributed by atoms with E-state index in [9.17, 15) is 4.79 Å². The Morgan fingerprint density at radius 3 is 2.22 bits per heavy atom. The van der Waals surface area contributed by atoms with E-state index in [1.165, 1.54) is 11.1 Å². The number of aryl methyl sites for hydroxylation is 2. The van der Waals surface area contributed by atoms with Crippen molar-refractivity contribution < 1.29 is 14.3 Å². The van der Waals surface area contributed by atoms with Gasteiger partial charge in [0.15, 0.2) is 6.29 Å². The van der Waals surface area contributed by atoms with E-state index in [0.29, 0.717) is 19.8 Å². The fraction of sp³-hybridized carbons (Fsp3) is 0.611. The van der Waals surface area contributed by atoms with Gasteiger partial charge >= 0.3 is 0 Å². The zero-order chi connectivity index (χ0) is 16.7. The molecule has 0 N–H and O–H groups in total. The van der Waals surface area contributed by atoms with Crippen molar-refractivity contribution in [3.05, 3.63) is 29.3 Å². The van der Waals surface area contributed by atoms with Crippen molar-refractivity contribution in [1.82, 2.24) is 0 Å². The second kappa shape index (κ2) is 9.26. The highest BCUT2D eigenvalue weighted by molar-refractivity contribution is 6.29. The maximum Gasteiger partial charge on any atom is 0.242 e. The molecule has 0 spiro atoms. The minimum Gasteiger partial charge on any atom is -0.348 e. The summed E-state index contributed by atoms with van der Waals surface area (Å²) in [7, 11) is 0. The molecule has 1 aromatic rings. The topological polar surface area (TPSA) is 38.8 Å². The van der Waals surface area contributed by atoms with Gasteiger partial charge in [0.1, 0.15) is 5.88 Å². The smallest absolute Gasteiger partial charge is 0.242 e. The zero-order valence-corrected chi connectivity index (χ0v) is 14.8. The molecule has 0 aromatic heterocycles. The second-order valence-electron chi connectivity index (χ2n) is 5.73. The van der Waals surface area contributed by atoms with Crippen LogP contribution in [0.2, 0.25) is 0 Å². The molecule has 1 heterocycles. The van der Waals surface area contributed by atoms with Crippen LogP contribution >= 0.6 is 11.6 Å². The van der Waals surface area contributed by atoms with Gasteiger partial charge in [-0.1, -0.05) is 44.9 Å². The average molecular weight is 340 g/mol. The Balaban J connectivity index is 2.39. The minimum absolute atomic E-state index is 0.0429. The number of amides is 1. The number of nitrogens with zero attached hydrogens (tertiary/aromatic N) is 1. The van der Waals surface area contributed by atoms with E-state index in [1.54, 1.807) is 4.90 Å². The van der Waals surface area contributed by atoms with E-state index < -0.39 is 0 Å². The summed E-state index contributed by atoms with van der Waals surface area (Å²) in [5, 5.41) is 0. The molecule has 1 aliphatic heterocycles. The predicted octanol–water partition coefficient (Wildman–Crippen LogP) is 3.54. The number of alkyl halides is 1. The fourth-order valence-electron chi connectivity index (χ4n) is 2.99. The van der Waals surface area contributed by atoms with E-state index in [-0.39, 0.29) is 18.1 Å². The Hall–Kier alpha value is -1.10. The summed E-state index contributed by atoms with van der Waals surface area (Å²) in [6.07, 6.45) is 3.56. The molecule has 1 saturated heterocycles. The van der Waals surface area contributed by atoms with Crippen LogP contribution in [0, 0.1) is 0 Å². The Morgan fingerprint density at radius 2 is 1.74 bits per heavy atom. The number of carbonyl (C=O) groups is 1. The van der Waals surface area contributed by atoms with Crippen LogP contribution in [0.25, 0.3) is 0 Å². The first-order chi connectivity index (χ1) is 11.2. The summed E-state index contributed by atoms with van der Waals surface area (Å²) in [5.74, 6) is -0.148. The number of anilines is 1. The van der Waals surface area contributed by atoms with E-state index in [1.807, 2.05) is 0 Å². The lowest BCUT2D eigenvalue weighted by molar-refractivity contribution is -0.117. The zero-order valence-electron chi connectivity index (χ0n) is 14.0. The lowest BCUT2D eigenvalue weighted by Gasteiger charge is -2.29. The van der Waals surface area contributed by atoms with Crippen LogP contribution in [-0.4, -0.2) is 37.8 Å². The molecule has 1 aromatic carbocycles. The first kappa shape index (κ1) is 18.2. The molecule has 0 atom stereocenters. The quantitative estimate of drug-likeness (QED) is 0.680. The van der Waals surface area contributed by atoms with Gasteiger partial charge in [0.2, 0.25) is 5.91 Å². The summed E-state index contributed by atoms with van der Waals surface area (Å²) < 4.78 is 11.1. The molecule has 1 aliphatic rings. The first-order valence-electron chi connectivity index (χ1n) is 8.41. The maximum atomic E-state index is 12.5. The normalized spacial score (nSPS) is 15.1. The molecule has 4 nitrogen and oxygen atoms in total. The minimum atomic E-state index is -0.369. The summed E-state index contributed by atoms with van der Waals surface area (Å²) in [6, 6.07) is 6.27. The van der Waals surface area contributed by atoms with E-state index in [0.717, 1.165) is 31.4 Å². The number of hydrogen-bond acceptors (Lipinski definition) is 3. The first-order valence-corrected chi connectivity index (χ1v) is 8.95. The van der Waals surface area contributed by atoms with E-state index >= 15 is 0 Å². The van der Waals surface area contributed by atoms with Crippen molar-refractivity contribution in [2.45, 2.75) is 45.8 Å². The van der Waals surface area contributed by atoms with Crippen LogP contribution < -0.4 is 4.90 Å². The van der Waals surface area contributed by atoms with Gasteiger partial charge in [0.05, 0.1) is 25.4 Å². The van der Waals surface area contributed by atoms with Gasteiger partial charge < -0.3 is 14.4 Å². The number of para-hydroxylation sites is 1. The molecule has 2 rings (SSSR count). The highest BCUT2D eigenvalue weighted by Gasteiger charge is 2.26. The molecule has 0 bridgehead atoms. The van der Waals surface area contributed by atoms with Crippen LogP contribution in [0.5, 0.6) is 0 Å². The number of hydrogen-bond donors (Lipinski definition) is 0. The Bertz CT molecular complexity index is 491. The molecular weight excluding hydrogens is 314 g/mol. The van der Waals surface area contributed by atoms with Crippen molar-refractivity contribution >= 4 is 23.2 Å². The van der Waals surface area contributed by atoms with E-state index in [4.69, 9.17) is 21.1 Å². The molecule has 0 radical (unpaired) electrons. The summed E-state index contributed by atoms with van der Waals surface area (Å²) in [5.41, 5.74) is 3.38. The van der Waals surface area contributed by atoms with Crippen molar-refractivity contribution in [3.63, 3.8) is 0 Å². The molecule has 0 unspecified atom stereocenters. The van der Waals surface area contributed by atoms with Gasteiger partial charge in [-0.05, 0) is 24.0 Å². The number of benzene rings is 1. The summed E-state index contributed by atoms with van der Waals surface area (Å²) in [4.78, 5) is 14.3. The Kier molecular flexibility index (Phi) is 7.34. The van der Waals surface area contributed by atoms with Crippen LogP contribution in [-0.2, 0) is 27.1 Å². The fourth-order valence-corrected chi connectivity index (χ4v) is 3.13. The summed E-state index contributed by atoms with van der Waals surface area (Å²) >= 11 is 5.87. The van der Waals surface area contributed by atoms with Gasteiger partial charge in [-0.2, -0.15) is 0 Å². The van der Waals surface area contributed by atoms with Crippen molar-refractivity contribution in [1.29, 1.82) is 0 Å². The van der Waals surface area contributed by atoms with Crippen molar-refractivity contribution in [3.8, 4) is 0 Å². The van der Waals surface area contributed by atoms with Gasteiger partial charge in [0.25, 0.3) is 0 Å². The molecule has 23 heavy (non-hydrogen) atoms. The van der Waals surface area contributed by atoms with Crippen LogP contribution in [0.3, 0.4) is 0 Å². The standard InChI is InChI=1S/C18H26ClNO3/c1-3-6-14-8-5-9-15(7-4-2)18(14)20(16(21)12-19)13-17-22-10-11-23-17/h5,8-9,17H,3-4,6-7,10-13H2,1-2H3. The predicted molar refractivity (Wildman–Crippen MR) is 93.2 cm³/mol. The van der Waals surface area contributed by atoms with Gasteiger partial charge in [-0.25, -0.2) is 0 Å². The molecule has 1 amide bonds. The SMILES string of the molecule is CCCc1cccc(CCC)c1N(CC1OCCO1)C(=O)CCl. The molecule has 128 valence electrons. The third-order valence-corrected chi connectivity index (χ3v) is 4.18. The third kappa shape index (κ3) is 4.69.